The van der Waals surface area contributed by atoms with E-state index in [0.29, 0.717) is 18.7 Å². The van der Waals surface area contributed by atoms with E-state index in [0.717, 1.165) is 15.3 Å². The molecule has 0 aromatic carbocycles. The molecular weight excluding hydrogens is 384 g/mol. The molecule has 0 radical (unpaired) electrons. The number of hydrogen-bond donors (Lipinski definition) is 2. The number of methoxy groups -OCH3 is 1. The SMILES string of the molecule is COCC(=O)N1Cc2cc(C3=C(C(=O)O)N4C(=O)[C@H]([C@@H](C)O)[C@H]4[C@H]3C)sc2C1. The number of carbonyl (C=O) groups is 3. The molecule has 0 bridgehead atoms. The van der Waals surface area contributed by atoms with Gasteiger partial charge in [0.05, 0.1) is 24.6 Å². The van der Waals surface area contributed by atoms with Crippen LogP contribution in [0.2, 0.25) is 0 Å². The van der Waals surface area contributed by atoms with Gasteiger partial charge in [-0.1, -0.05) is 6.92 Å². The summed E-state index contributed by atoms with van der Waals surface area (Å²) in [4.78, 5) is 41.3. The number of thiophene rings is 1. The van der Waals surface area contributed by atoms with Crippen molar-refractivity contribution in [3.05, 3.63) is 27.1 Å². The van der Waals surface area contributed by atoms with Gasteiger partial charge in [-0.3, -0.25) is 9.59 Å². The zero-order valence-electron chi connectivity index (χ0n) is 15.8. The maximum absolute atomic E-state index is 12.5. The Labute approximate surface area is 166 Å². The lowest BCUT2D eigenvalue weighted by atomic mass is 9.77. The molecule has 0 unspecified atom stereocenters. The summed E-state index contributed by atoms with van der Waals surface area (Å²) in [5.41, 5.74) is 1.66. The van der Waals surface area contributed by atoms with Crippen LogP contribution in [0.25, 0.3) is 5.57 Å². The van der Waals surface area contributed by atoms with Gasteiger partial charge in [-0.2, -0.15) is 0 Å². The largest absolute Gasteiger partial charge is 0.477 e. The number of rotatable bonds is 5. The molecule has 1 saturated heterocycles. The van der Waals surface area contributed by atoms with Gasteiger partial charge < -0.3 is 24.7 Å². The van der Waals surface area contributed by atoms with Crippen LogP contribution in [0.1, 0.15) is 29.2 Å². The van der Waals surface area contributed by atoms with Crippen molar-refractivity contribution in [3.63, 3.8) is 0 Å². The summed E-state index contributed by atoms with van der Waals surface area (Å²) in [6.07, 6.45) is -0.820. The van der Waals surface area contributed by atoms with Crippen LogP contribution >= 0.6 is 11.3 Å². The van der Waals surface area contributed by atoms with Crippen LogP contribution in [0.3, 0.4) is 0 Å². The van der Waals surface area contributed by atoms with Crippen LogP contribution in [-0.4, -0.2) is 63.7 Å². The topological polar surface area (TPSA) is 107 Å². The van der Waals surface area contributed by atoms with Crippen LogP contribution in [0.4, 0.5) is 0 Å². The molecular formula is C19H22N2O6S. The molecule has 3 aliphatic rings. The molecule has 8 nitrogen and oxygen atoms in total. The molecule has 2 amide bonds. The monoisotopic (exact) mass is 406 g/mol. The fourth-order valence-electron chi connectivity index (χ4n) is 4.59. The summed E-state index contributed by atoms with van der Waals surface area (Å²) in [6.45, 7) is 4.46. The lowest BCUT2D eigenvalue weighted by Gasteiger charge is -2.46. The predicted octanol–water partition coefficient (Wildman–Crippen LogP) is 0.890. The highest BCUT2D eigenvalue weighted by Gasteiger charge is 2.60. The van der Waals surface area contributed by atoms with Crippen molar-refractivity contribution in [3.8, 4) is 0 Å². The number of β-lactam (4-membered cyclic amide) rings is 1. The second-order valence-corrected chi connectivity index (χ2v) is 8.70. The molecule has 1 fully saturated rings. The van der Waals surface area contributed by atoms with Gasteiger partial charge in [0.25, 0.3) is 0 Å². The molecule has 0 spiro atoms. The lowest BCUT2D eigenvalue weighted by Crippen LogP contribution is -2.63. The van der Waals surface area contributed by atoms with Crippen molar-refractivity contribution in [2.24, 2.45) is 11.8 Å². The average Bonchev–Trinajstić information content (AvgIpc) is 3.23. The number of hydrogen-bond acceptors (Lipinski definition) is 6. The van der Waals surface area contributed by atoms with E-state index in [9.17, 15) is 24.6 Å². The normalized spacial score (nSPS) is 27.0. The molecule has 1 aromatic heterocycles. The molecule has 4 rings (SSSR count). The van der Waals surface area contributed by atoms with Crippen molar-refractivity contribution < 1.29 is 29.3 Å². The van der Waals surface area contributed by atoms with E-state index in [-0.39, 0.29) is 36.1 Å². The number of ether oxygens (including phenoxy) is 1. The zero-order valence-corrected chi connectivity index (χ0v) is 16.7. The van der Waals surface area contributed by atoms with E-state index in [1.165, 1.54) is 23.3 Å². The number of carboxylic acids is 1. The second kappa shape index (κ2) is 6.68. The first kappa shape index (κ1) is 19.1. The minimum Gasteiger partial charge on any atom is -0.477 e. The molecule has 150 valence electrons. The Hall–Kier alpha value is -2.23. The summed E-state index contributed by atoms with van der Waals surface area (Å²) >= 11 is 1.47. The highest BCUT2D eigenvalue weighted by molar-refractivity contribution is 7.13. The number of aliphatic hydroxyl groups is 1. The van der Waals surface area contributed by atoms with Gasteiger partial charge in [-0.25, -0.2) is 4.79 Å². The fourth-order valence-corrected chi connectivity index (χ4v) is 5.92. The molecule has 4 heterocycles. The number of carboxylic acid groups (broad SMARTS) is 1. The van der Waals surface area contributed by atoms with Crippen LogP contribution in [-0.2, 0) is 32.2 Å². The summed E-state index contributed by atoms with van der Waals surface area (Å²) in [5.74, 6) is -2.31. The van der Waals surface area contributed by atoms with Gasteiger partial charge in [0.1, 0.15) is 12.3 Å². The minimum absolute atomic E-state index is 0.0200. The van der Waals surface area contributed by atoms with Crippen molar-refractivity contribution in [2.45, 2.75) is 39.1 Å². The summed E-state index contributed by atoms with van der Waals surface area (Å²) in [7, 11) is 1.48. The van der Waals surface area contributed by atoms with E-state index in [1.807, 2.05) is 13.0 Å². The molecule has 0 saturated carbocycles. The lowest BCUT2D eigenvalue weighted by molar-refractivity contribution is -0.163. The van der Waals surface area contributed by atoms with Gasteiger partial charge >= 0.3 is 5.97 Å². The number of carbonyl (C=O) groups excluding carboxylic acids is 2. The molecule has 0 aliphatic carbocycles. The Kier molecular flexibility index (Phi) is 4.56. The first-order chi connectivity index (χ1) is 13.3. The average molecular weight is 406 g/mol. The molecule has 9 heteroatoms. The Bertz CT molecular complexity index is 881. The maximum Gasteiger partial charge on any atom is 0.352 e. The number of aliphatic carboxylic acids is 1. The molecule has 28 heavy (non-hydrogen) atoms. The van der Waals surface area contributed by atoms with E-state index in [2.05, 4.69) is 0 Å². The van der Waals surface area contributed by atoms with Gasteiger partial charge in [-0.05, 0) is 18.6 Å². The van der Waals surface area contributed by atoms with Gasteiger partial charge in [0.2, 0.25) is 11.8 Å². The standard InChI is InChI=1S/C19H22N2O6S/c1-8-14(17(19(25)26)21-16(8)15(9(2)22)18(21)24)11-4-10-5-20(6-12(10)28-11)13(23)7-27-3/h4,8-9,15-16,22H,5-7H2,1-3H3,(H,25,26)/t8-,9+,15+,16+/m0/s1. The van der Waals surface area contributed by atoms with Crippen LogP contribution < -0.4 is 0 Å². The number of nitrogens with zero attached hydrogens (tertiary/aromatic N) is 2. The number of aliphatic hydroxyl groups excluding tert-OH is 1. The van der Waals surface area contributed by atoms with Crippen molar-refractivity contribution in [1.29, 1.82) is 0 Å². The quantitative estimate of drug-likeness (QED) is 0.704. The van der Waals surface area contributed by atoms with Gasteiger partial charge in [0.15, 0.2) is 0 Å². The van der Waals surface area contributed by atoms with Crippen LogP contribution in [0.15, 0.2) is 11.8 Å². The van der Waals surface area contributed by atoms with Crippen LogP contribution in [0, 0.1) is 11.8 Å². The first-order valence-electron chi connectivity index (χ1n) is 9.13. The molecule has 2 N–H and O–H groups in total. The fraction of sp³-hybridized carbons (Fsp3) is 0.526. The zero-order chi connectivity index (χ0) is 20.3. The van der Waals surface area contributed by atoms with E-state index in [4.69, 9.17) is 4.74 Å². The Morgan fingerprint density at radius 3 is 2.68 bits per heavy atom. The number of amides is 2. The third-order valence-electron chi connectivity index (χ3n) is 5.85. The predicted molar refractivity (Wildman–Crippen MR) is 100.0 cm³/mol. The Morgan fingerprint density at radius 1 is 1.39 bits per heavy atom. The molecule has 3 aliphatic heterocycles. The van der Waals surface area contributed by atoms with Crippen molar-refractivity contribution in [1.82, 2.24) is 9.80 Å². The van der Waals surface area contributed by atoms with Crippen molar-refractivity contribution in [2.75, 3.05) is 13.7 Å². The van der Waals surface area contributed by atoms with E-state index < -0.39 is 18.0 Å². The van der Waals surface area contributed by atoms with E-state index >= 15 is 0 Å². The van der Waals surface area contributed by atoms with E-state index in [1.54, 1.807) is 11.8 Å². The van der Waals surface area contributed by atoms with Crippen LogP contribution in [0.5, 0.6) is 0 Å². The third-order valence-corrected chi connectivity index (χ3v) is 7.05. The van der Waals surface area contributed by atoms with Crippen molar-refractivity contribution >= 4 is 34.7 Å². The second-order valence-electron chi connectivity index (χ2n) is 7.56. The minimum atomic E-state index is -1.13. The smallest absolute Gasteiger partial charge is 0.352 e. The summed E-state index contributed by atoms with van der Waals surface area (Å²) in [5, 5.41) is 19.7. The number of fused-ring (bicyclic) bond motifs is 2. The Morgan fingerprint density at radius 2 is 2.11 bits per heavy atom. The molecule has 1 aromatic rings. The third kappa shape index (κ3) is 2.61. The highest BCUT2D eigenvalue weighted by Crippen LogP contribution is 2.52. The Balaban J connectivity index is 1.66. The summed E-state index contributed by atoms with van der Waals surface area (Å²) in [6, 6.07) is 1.60. The first-order valence-corrected chi connectivity index (χ1v) is 9.95. The van der Waals surface area contributed by atoms with Gasteiger partial charge in [-0.15, -0.1) is 11.3 Å². The summed E-state index contributed by atoms with van der Waals surface area (Å²) < 4.78 is 4.90. The maximum atomic E-state index is 12.5. The molecule has 4 atom stereocenters. The van der Waals surface area contributed by atoms with Gasteiger partial charge in [0, 0.05) is 34.9 Å². The highest BCUT2D eigenvalue weighted by atomic mass is 32.1.